The summed E-state index contributed by atoms with van der Waals surface area (Å²) in [6, 6.07) is 37.0. The number of anilines is 2. The molecule has 0 spiro atoms. The second-order valence-corrected chi connectivity index (χ2v) is 9.12. The van der Waals surface area contributed by atoms with Gasteiger partial charge in [-0.3, -0.25) is 4.57 Å². The van der Waals surface area contributed by atoms with E-state index in [1.165, 1.54) is 5.56 Å². The third-order valence-corrected chi connectivity index (χ3v) is 6.48. The van der Waals surface area contributed by atoms with Crippen molar-refractivity contribution in [2.45, 2.75) is 6.92 Å². The molecule has 0 radical (unpaired) electrons. The molecule has 36 heavy (non-hydrogen) atoms. The van der Waals surface area contributed by atoms with E-state index in [1.54, 1.807) is 6.33 Å². The van der Waals surface area contributed by atoms with Crippen LogP contribution in [0, 0.1) is 6.92 Å². The van der Waals surface area contributed by atoms with E-state index in [0.717, 1.165) is 50.6 Å². The van der Waals surface area contributed by atoms with Gasteiger partial charge in [0, 0.05) is 22.0 Å². The van der Waals surface area contributed by atoms with E-state index < -0.39 is 0 Å². The van der Waals surface area contributed by atoms with Gasteiger partial charge in [-0.15, -0.1) is 0 Å². The van der Waals surface area contributed by atoms with Crippen molar-refractivity contribution >= 4 is 34.1 Å². The molecule has 4 aromatic carbocycles. The lowest BCUT2D eigenvalue weighted by molar-refractivity contribution is 1.08. The van der Waals surface area contributed by atoms with Crippen molar-refractivity contribution in [2.24, 2.45) is 0 Å². The van der Waals surface area contributed by atoms with Crippen LogP contribution in [0.25, 0.3) is 39.1 Å². The number of nitrogens with zero attached hydrogens (tertiary/aromatic N) is 3. The summed E-state index contributed by atoms with van der Waals surface area (Å²) in [5.41, 5.74) is 8.26. The fraction of sp³-hybridized carbons (Fsp3) is 0.0323. The number of fused-ring (bicyclic) bond motifs is 1. The molecule has 2 heterocycles. The van der Waals surface area contributed by atoms with Crippen LogP contribution in [0.2, 0.25) is 5.02 Å². The Morgan fingerprint density at radius 2 is 1.42 bits per heavy atom. The van der Waals surface area contributed by atoms with Gasteiger partial charge >= 0.3 is 0 Å². The highest BCUT2D eigenvalue weighted by Crippen LogP contribution is 2.44. The van der Waals surface area contributed by atoms with E-state index in [2.05, 4.69) is 83.5 Å². The van der Waals surface area contributed by atoms with Crippen molar-refractivity contribution in [1.82, 2.24) is 14.5 Å². The van der Waals surface area contributed by atoms with Gasteiger partial charge in [-0.25, -0.2) is 9.97 Å². The van der Waals surface area contributed by atoms with Gasteiger partial charge in [-0.1, -0.05) is 84.4 Å². The monoisotopic (exact) mass is 486 g/mol. The molecule has 0 saturated heterocycles. The molecule has 0 atom stereocenters. The molecular weight excluding hydrogens is 464 g/mol. The zero-order valence-corrected chi connectivity index (χ0v) is 20.4. The normalized spacial score (nSPS) is 11.1. The Balaban J connectivity index is 1.73. The van der Waals surface area contributed by atoms with Crippen molar-refractivity contribution < 1.29 is 0 Å². The molecule has 0 fully saturated rings. The predicted octanol–water partition coefficient (Wildman–Crippen LogP) is 8.46. The SMILES string of the molecule is Cc1cccc(Nc2ncnc3c2c(-c2ccccc2)c(-c2ccccc2)n3-c2ccc(Cl)cc2)c1. The lowest BCUT2D eigenvalue weighted by Crippen LogP contribution is -2.00. The minimum absolute atomic E-state index is 0.691. The Kier molecular flexibility index (Phi) is 5.72. The van der Waals surface area contributed by atoms with Crippen LogP contribution < -0.4 is 5.32 Å². The van der Waals surface area contributed by atoms with Gasteiger partial charge in [-0.2, -0.15) is 0 Å². The molecule has 6 rings (SSSR count). The van der Waals surface area contributed by atoms with Gasteiger partial charge in [-0.05, 0) is 60.0 Å². The summed E-state index contributed by atoms with van der Waals surface area (Å²) in [6.45, 7) is 2.08. The maximum atomic E-state index is 6.26. The second kappa shape index (κ2) is 9.33. The number of hydrogen-bond donors (Lipinski definition) is 1. The second-order valence-electron chi connectivity index (χ2n) is 8.68. The third kappa shape index (κ3) is 4.02. The fourth-order valence-electron chi connectivity index (χ4n) is 4.66. The van der Waals surface area contributed by atoms with E-state index in [4.69, 9.17) is 21.6 Å². The molecule has 6 aromatic rings. The first kappa shape index (κ1) is 22.1. The molecule has 0 aliphatic heterocycles. The number of halogens is 1. The van der Waals surface area contributed by atoms with Crippen LogP contribution in [0.5, 0.6) is 0 Å². The Bertz CT molecular complexity index is 1660. The molecule has 4 nitrogen and oxygen atoms in total. The van der Waals surface area contributed by atoms with Crippen molar-refractivity contribution in [3.63, 3.8) is 0 Å². The van der Waals surface area contributed by atoms with Crippen molar-refractivity contribution in [3.05, 3.63) is 126 Å². The molecule has 1 N–H and O–H groups in total. The summed E-state index contributed by atoms with van der Waals surface area (Å²) in [5.74, 6) is 0.759. The van der Waals surface area contributed by atoms with Crippen LogP contribution in [0.4, 0.5) is 11.5 Å². The molecular formula is C31H23ClN4. The van der Waals surface area contributed by atoms with Crippen molar-refractivity contribution in [1.29, 1.82) is 0 Å². The smallest absolute Gasteiger partial charge is 0.151 e. The van der Waals surface area contributed by atoms with E-state index >= 15 is 0 Å². The largest absolute Gasteiger partial charge is 0.340 e. The lowest BCUT2D eigenvalue weighted by atomic mass is 9.98. The number of hydrogen-bond acceptors (Lipinski definition) is 3. The van der Waals surface area contributed by atoms with Gasteiger partial charge in [0.1, 0.15) is 12.1 Å². The molecule has 0 aliphatic carbocycles. The number of rotatable bonds is 5. The molecule has 0 bridgehead atoms. The van der Waals surface area contributed by atoms with E-state index in [0.29, 0.717) is 5.02 Å². The van der Waals surface area contributed by atoms with Crippen LogP contribution in [0.15, 0.2) is 116 Å². The first-order valence-electron chi connectivity index (χ1n) is 11.8. The van der Waals surface area contributed by atoms with Gasteiger partial charge in [0.05, 0.1) is 11.1 Å². The third-order valence-electron chi connectivity index (χ3n) is 6.22. The molecule has 0 saturated carbocycles. The number of aryl methyl sites for hydroxylation is 1. The highest BCUT2D eigenvalue weighted by molar-refractivity contribution is 6.30. The minimum atomic E-state index is 0.691. The average Bonchev–Trinajstić information content (AvgIpc) is 3.26. The zero-order chi connectivity index (χ0) is 24.5. The van der Waals surface area contributed by atoms with Crippen LogP contribution in [0.1, 0.15) is 5.56 Å². The molecule has 5 heteroatoms. The Labute approximate surface area is 214 Å². The standard InChI is InChI=1S/C31H23ClN4/c1-21-9-8-14-25(19-21)35-30-28-27(22-10-4-2-5-11-22)29(23-12-6-3-7-13-23)36(31(28)34-20-33-30)26-17-15-24(32)16-18-26/h2-20H,1H3,(H,33,34,35). The maximum absolute atomic E-state index is 6.26. The van der Waals surface area contributed by atoms with Crippen LogP contribution in [-0.4, -0.2) is 14.5 Å². The van der Waals surface area contributed by atoms with Gasteiger partial charge in [0.25, 0.3) is 0 Å². The van der Waals surface area contributed by atoms with E-state index in [1.807, 2.05) is 42.5 Å². The number of benzene rings is 4. The number of aromatic nitrogens is 3. The topological polar surface area (TPSA) is 42.7 Å². The van der Waals surface area contributed by atoms with Gasteiger partial charge in [0.2, 0.25) is 0 Å². The number of nitrogens with one attached hydrogen (secondary N) is 1. The zero-order valence-electron chi connectivity index (χ0n) is 19.7. The summed E-state index contributed by atoms with van der Waals surface area (Å²) < 4.78 is 2.20. The molecule has 2 aromatic heterocycles. The molecule has 0 aliphatic rings. The van der Waals surface area contributed by atoms with Gasteiger partial charge in [0.15, 0.2) is 5.65 Å². The summed E-state index contributed by atoms with van der Waals surface area (Å²) in [4.78, 5) is 9.53. The average molecular weight is 487 g/mol. The highest BCUT2D eigenvalue weighted by atomic mass is 35.5. The van der Waals surface area contributed by atoms with Crippen LogP contribution >= 0.6 is 11.6 Å². The highest BCUT2D eigenvalue weighted by Gasteiger charge is 2.25. The van der Waals surface area contributed by atoms with Crippen LogP contribution in [0.3, 0.4) is 0 Å². The lowest BCUT2D eigenvalue weighted by Gasteiger charge is -2.13. The maximum Gasteiger partial charge on any atom is 0.151 e. The molecule has 0 unspecified atom stereocenters. The predicted molar refractivity (Wildman–Crippen MR) is 149 cm³/mol. The summed E-state index contributed by atoms with van der Waals surface area (Å²) in [5, 5.41) is 5.21. The fourth-order valence-corrected chi connectivity index (χ4v) is 4.79. The van der Waals surface area contributed by atoms with Gasteiger partial charge < -0.3 is 5.32 Å². The van der Waals surface area contributed by atoms with Crippen LogP contribution in [-0.2, 0) is 0 Å². The summed E-state index contributed by atoms with van der Waals surface area (Å²) >= 11 is 6.26. The van der Waals surface area contributed by atoms with E-state index in [9.17, 15) is 0 Å². The van der Waals surface area contributed by atoms with Crippen molar-refractivity contribution in [2.75, 3.05) is 5.32 Å². The van der Waals surface area contributed by atoms with E-state index in [-0.39, 0.29) is 0 Å². The Hall–Kier alpha value is -4.41. The Morgan fingerprint density at radius 3 is 2.11 bits per heavy atom. The summed E-state index contributed by atoms with van der Waals surface area (Å²) in [7, 11) is 0. The van der Waals surface area contributed by atoms with Crippen molar-refractivity contribution in [3.8, 4) is 28.1 Å². The first-order chi connectivity index (χ1) is 17.7. The quantitative estimate of drug-likeness (QED) is 0.266. The Morgan fingerprint density at radius 1 is 0.722 bits per heavy atom. The minimum Gasteiger partial charge on any atom is -0.340 e. The molecule has 174 valence electrons. The summed E-state index contributed by atoms with van der Waals surface area (Å²) in [6.07, 6.45) is 1.62. The molecule has 0 amide bonds. The first-order valence-corrected chi connectivity index (χ1v) is 12.2.